The van der Waals surface area contributed by atoms with Gasteiger partial charge in [0.25, 0.3) is 0 Å². The molecular weight excluding hydrogens is 188 g/mol. The molecule has 3 heteroatoms. The number of hydrogen-bond acceptors (Lipinski definition) is 3. The van der Waals surface area contributed by atoms with Crippen LogP contribution in [0.3, 0.4) is 0 Å². The van der Waals surface area contributed by atoms with Crippen molar-refractivity contribution < 1.29 is 4.42 Å². The molecule has 0 saturated heterocycles. The molecule has 0 fully saturated rings. The standard InChI is InChI=1S/C12H14N2O/c1-9-3-4-12(7-13-9)14-10(2)11-5-6-15-8-11/h3-8,10,14H,1-2H3. The average molecular weight is 202 g/mol. The summed E-state index contributed by atoms with van der Waals surface area (Å²) in [5.41, 5.74) is 3.18. The van der Waals surface area contributed by atoms with Crippen LogP contribution < -0.4 is 5.32 Å². The summed E-state index contributed by atoms with van der Waals surface area (Å²) in [5.74, 6) is 0. The number of nitrogens with one attached hydrogen (secondary N) is 1. The van der Waals surface area contributed by atoms with E-state index in [1.54, 1.807) is 12.5 Å². The summed E-state index contributed by atoms with van der Waals surface area (Å²) < 4.78 is 5.04. The Morgan fingerprint density at radius 3 is 2.80 bits per heavy atom. The van der Waals surface area contributed by atoms with Crippen LogP contribution in [0, 0.1) is 6.92 Å². The molecule has 2 aromatic rings. The first kappa shape index (κ1) is 9.77. The van der Waals surface area contributed by atoms with Crippen LogP contribution in [0.5, 0.6) is 0 Å². The van der Waals surface area contributed by atoms with E-state index in [1.165, 1.54) is 0 Å². The Bertz CT molecular complexity index is 406. The van der Waals surface area contributed by atoms with Gasteiger partial charge in [0.05, 0.1) is 30.5 Å². The molecule has 0 saturated carbocycles. The quantitative estimate of drug-likeness (QED) is 0.830. The van der Waals surface area contributed by atoms with Gasteiger partial charge in [0.2, 0.25) is 0 Å². The number of pyridine rings is 1. The largest absolute Gasteiger partial charge is 0.472 e. The van der Waals surface area contributed by atoms with Gasteiger partial charge in [-0.15, -0.1) is 0 Å². The maximum atomic E-state index is 5.04. The van der Waals surface area contributed by atoms with Gasteiger partial charge >= 0.3 is 0 Å². The second kappa shape index (κ2) is 4.17. The molecule has 2 aromatic heterocycles. The number of anilines is 1. The van der Waals surface area contributed by atoms with Gasteiger partial charge in [0.1, 0.15) is 0 Å². The second-order valence-electron chi connectivity index (χ2n) is 3.61. The van der Waals surface area contributed by atoms with E-state index in [-0.39, 0.29) is 6.04 Å². The zero-order valence-electron chi connectivity index (χ0n) is 8.90. The van der Waals surface area contributed by atoms with Crippen LogP contribution in [-0.2, 0) is 0 Å². The summed E-state index contributed by atoms with van der Waals surface area (Å²) in [6.45, 7) is 4.06. The van der Waals surface area contributed by atoms with E-state index in [4.69, 9.17) is 4.42 Å². The van der Waals surface area contributed by atoms with Crippen molar-refractivity contribution in [3.05, 3.63) is 48.2 Å². The Labute approximate surface area is 89.1 Å². The minimum absolute atomic E-state index is 0.230. The Morgan fingerprint density at radius 1 is 1.33 bits per heavy atom. The van der Waals surface area contributed by atoms with E-state index in [9.17, 15) is 0 Å². The molecule has 2 heterocycles. The third-order valence-corrected chi connectivity index (χ3v) is 2.34. The topological polar surface area (TPSA) is 38.1 Å². The molecule has 1 atom stereocenters. The number of hydrogen-bond donors (Lipinski definition) is 1. The molecule has 0 aromatic carbocycles. The molecule has 1 N–H and O–H groups in total. The summed E-state index contributed by atoms with van der Waals surface area (Å²) in [6, 6.07) is 6.20. The number of rotatable bonds is 3. The van der Waals surface area contributed by atoms with E-state index >= 15 is 0 Å². The molecule has 0 radical (unpaired) electrons. The molecule has 78 valence electrons. The van der Waals surface area contributed by atoms with Crippen LogP contribution in [0.1, 0.15) is 24.2 Å². The van der Waals surface area contributed by atoms with Gasteiger partial charge in [-0.05, 0) is 32.0 Å². The Morgan fingerprint density at radius 2 is 2.20 bits per heavy atom. The minimum Gasteiger partial charge on any atom is -0.472 e. The highest BCUT2D eigenvalue weighted by molar-refractivity contribution is 5.43. The highest BCUT2D eigenvalue weighted by atomic mass is 16.3. The summed E-state index contributed by atoms with van der Waals surface area (Å²) in [4.78, 5) is 4.23. The average Bonchev–Trinajstić information content (AvgIpc) is 2.74. The van der Waals surface area contributed by atoms with Crippen molar-refractivity contribution in [2.24, 2.45) is 0 Å². The molecular formula is C12H14N2O. The molecule has 15 heavy (non-hydrogen) atoms. The van der Waals surface area contributed by atoms with Crippen LogP contribution in [0.25, 0.3) is 0 Å². The Balaban J connectivity index is 2.06. The third kappa shape index (κ3) is 2.37. The summed E-state index contributed by atoms with van der Waals surface area (Å²) in [7, 11) is 0. The molecule has 0 spiro atoms. The van der Waals surface area contributed by atoms with Crippen LogP contribution in [-0.4, -0.2) is 4.98 Å². The predicted octanol–water partition coefficient (Wildman–Crippen LogP) is 3.16. The Hall–Kier alpha value is -1.77. The maximum Gasteiger partial charge on any atom is 0.0955 e. The summed E-state index contributed by atoms with van der Waals surface area (Å²) in [5, 5.41) is 3.35. The first-order valence-electron chi connectivity index (χ1n) is 4.97. The third-order valence-electron chi connectivity index (χ3n) is 2.34. The van der Waals surface area contributed by atoms with E-state index < -0.39 is 0 Å². The van der Waals surface area contributed by atoms with Gasteiger partial charge in [-0.2, -0.15) is 0 Å². The Kier molecular flexibility index (Phi) is 2.72. The van der Waals surface area contributed by atoms with Gasteiger partial charge in [-0.1, -0.05) is 0 Å². The molecule has 0 aliphatic rings. The highest BCUT2D eigenvalue weighted by Gasteiger charge is 2.05. The van der Waals surface area contributed by atoms with E-state index in [2.05, 4.69) is 17.2 Å². The summed E-state index contributed by atoms with van der Waals surface area (Å²) >= 11 is 0. The molecule has 1 unspecified atom stereocenters. The lowest BCUT2D eigenvalue weighted by Gasteiger charge is -2.12. The SMILES string of the molecule is Cc1ccc(NC(C)c2ccoc2)cn1. The van der Waals surface area contributed by atoms with Crippen molar-refractivity contribution in [1.82, 2.24) is 4.98 Å². The van der Waals surface area contributed by atoms with Crippen molar-refractivity contribution in [3.63, 3.8) is 0 Å². The van der Waals surface area contributed by atoms with Gasteiger partial charge in [-0.3, -0.25) is 4.98 Å². The van der Waals surface area contributed by atoms with Gasteiger partial charge in [0.15, 0.2) is 0 Å². The lowest BCUT2D eigenvalue weighted by Crippen LogP contribution is -2.05. The van der Waals surface area contributed by atoms with Gasteiger partial charge in [0, 0.05) is 11.3 Å². The monoisotopic (exact) mass is 202 g/mol. The summed E-state index contributed by atoms with van der Waals surface area (Å²) in [6.07, 6.45) is 5.27. The molecule has 0 amide bonds. The van der Waals surface area contributed by atoms with Gasteiger partial charge in [-0.25, -0.2) is 0 Å². The van der Waals surface area contributed by atoms with Crippen molar-refractivity contribution >= 4 is 5.69 Å². The highest BCUT2D eigenvalue weighted by Crippen LogP contribution is 2.18. The minimum atomic E-state index is 0.230. The van der Waals surface area contributed by atoms with Crippen molar-refractivity contribution in [2.75, 3.05) is 5.32 Å². The van der Waals surface area contributed by atoms with E-state index in [1.807, 2.05) is 31.3 Å². The first-order chi connectivity index (χ1) is 7.25. The fourth-order valence-corrected chi connectivity index (χ4v) is 1.41. The van der Waals surface area contributed by atoms with Crippen LogP contribution in [0.2, 0.25) is 0 Å². The lowest BCUT2D eigenvalue weighted by atomic mass is 10.2. The fourth-order valence-electron chi connectivity index (χ4n) is 1.41. The zero-order valence-corrected chi connectivity index (χ0v) is 8.90. The van der Waals surface area contributed by atoms with E-state index in [0.717, 1.165) is 16.9 Å². The van der Waals surface area contributed by atoms with Crippen LogP contribution in [0.15, 0.2) is 41.3 Å². The second-order valence-corrected chi connectivity index (χ2v) is 3.61. The molecule has 0 aliphatic carbocycles. The maximum absolute atomic E-state index is 5.04. The zero-order chi connectivity index (χ0) is 10.7. The first-order valence-corrected chi connectivity index (χ1v) is 4.97. The fraction of sp³-hybridized carbons (Fsp3) is 0.250. The number of aromatic nitrogens is 1. The molecule has 0 bridgehead atoms. The van der Waals surface area contributed by atoms with Crippen LogP contribution in [0.4, 0.5) is 5.69 Å². The van der Waals surface area contributed by atoms with Crippen molar-refractivity contribution in [2.45, 2.75) is 19.9 Å². The van der Waals surface area contributed by atoms with Crippen molar-refractivity contribution in [1.29, 1.82) is 0 Å². The van der Waals surface area contributed by atoms with Crippen LogP contribution >= 0.6 is 0 Å². The van der Waals surface area contributed by atoms with E-state index in [0.29, 0.717) is 0 Å². The number of furan rings is 1. The molecule has 0 aliphatic heterocycles. The number of aryl methyl sites for hydroxylation is 1. The van der Waals surface area contributed by atoms with Crippen molar-refractivity contribution in [3.8, 4) is 0 Å². The predicted molar refractivity (Wildman–Crippen MR) is 59.7 cm³/mol. The smallest absolute Gasteiger partial charge is 0.0955 e. The normalized spacial score (nSPS) is 12.4. The number of nitrogens with zero attached hydrogens (tertiary/aromatic N) is 1. The molecule has 3 nitrogen and oxygen atoms in total. The van der Waals surface area contributed by atoms with Gasteiger partial charge < -0.3 is 9.73 Å². The lowest BCUT2D eigenvalue weighted by molar-refractivity contribution is 0.562. The molecule has 2 rings (SSSR count).